The average molecular weight is 357 g/mol. The molecular formula is C21H19N5O. The summed E-state index contributed by atoms with van der Waals surface area (Å²) in [6, 6.07) is 15.6. The summed E-state index contributed by atoms with van der Waals surface area (Å²) in [5, 5.41) is 18.7. The zero-order valence-electron chi connectivity index (χ0n) is 14.7. The fraction of sp³-hybridized carbons (Fsp3) is 0.190. The van der Waals surface area contributed by atoms with Crippen LogP contribution in [0.25, 0.3) is 0 Å². The Morgan fingerprint density at radius 2 is 2.07 bits per heavy atom. The molecule has 0 spiro atoms. The number of nitrogens with zero attached hydrogens (tertiary/aromatic N) is 4. The van der Waals surface area contributed by atoms with Gasteiger partial charge in [0.25, 0.3) is 0 Å². The van der Waals surface area contributed by atoms with E-state index in [9.17, 15) is 5.11 Å². The molecule has 0 saturated heterocycles. The first-order chi connectivity index (χ1) is 13.2. The van der Waals surface area contributed by atoms with E-state index in [1.165, 1.54) is 0 Å². The van der Waals surface area contributed by atoms with Gasteiger partial charge in [-0.1, -0.05) is 18.2 Å². The van der Waals surface area contributed by atoms with Crippen LogP contribution in [0.1, 0.15) is 34.2 Å². The molecule has 6 nitrogen and oxygen atoms in total. The van der Waals surface area contributed by atoms with E-state index < -0.39 is 6.23 Å². The molecule has 0 saturated carbocycles. The molecule has 0 aliphatic carbocycles. The molecule has 134 valence electrons. The Balaban J connectivity index is 1.61. The molecule has 1 aliphatic rings. The number of rotatable bonds is 4. The van der Waals surface area contributed by atoms with Crippen molar-refractivity contribution < 1.29 is 5.11 Å². The van der Waals surface area contributed by atoms with Crippen LogP contribution in [0.4, 0.5) is 11.5 Å². The summed E-state index contributed by atoms with van der Waals surface area (Å²) in [6.07, 6.45) is 4.12. The summed E-state index contributed by atoms with van der Waals surface area (Å²) in [5.74, 6) is 0.872. The molecule has 3 heterocycles. The van der Waals surface area contributed by atoms with Crippen molar-refractivity contribution in [3.8, 4) is 6.07 Å². The molecule has 1 atom stereocenters. The lowest BCUT2D eigenvalue weighted by atomic mass is 10.0. The molecule has 4 rings (SSSR count). The van der Waals surface area contributed by atoms with Crippen LogP contribution in [0.3, 0.4) is 0 Å². The van der Waals surface area contributed by atoms with E-state index in [0.717, 1.165) is 53.1 Å². The monoisotopic (exact) mass is 357 g/mol. The van der Waals surface area contributed by atoms with Crippen molar-refractivity contribution in [2.75, 3.05) is 11.4 Å². The van der Waals surface area contributed by atoms with E-state index in [1.54, 1.807) is 18.5 Å². The minimum absolute atomic E-state index is 0.417. The predicted molar refractivity (Wildman–Crippen MR) is 102 cm³/mol. The molecule has 0 fully saturated rings. The normalized spacial score (nSPS) is 13.9. The molecule has 1 aliphatic heterocycles. The lowest BCUT2D eigenvalue weighted by Gasteiger charge is -2.20. The van der Waals surface area contributed by atoms with E-state index >= 15 is 0 Å². The predicted octanol–water partition coefficient (Wildman–Crippen LogP) is 2.58. The van der Waals surface area contributed by atoms with Gasteiger partial charge in [-0.25, -0.2) is 9.97 Å². The van der Waals surface area contributed by atoms with E-state index in [-0.39, 0.29) is 0 Å². The van der Waals surface area contributed by atoms with Crippen molar-refractivity contribution in [3.63, 3.8) is 0 Å². The first-order valence-corrected chi connectivity index (χ1v) is 8.78. The standard InChI is InChI=1S/C21H19N5O/c22-12-16-5-4-15(13-25-16)10-14-6-8-24-20(11-14)26-9-7-17-18(21(23)27)2-1-3-19(17)26/h1-6,8,11,13,21,27H,7,9-10,23H2. The van der Waals surface area contributed by atoms with Gasteiger partial charge in [-0.2, -0.15) is 5.26 Å². The molecule has 3 aromatic rings. The summed E-state index contributed by atoms with van der Waals surface area (Å²) < 4.78 is 0. The lowest BCUT2D eigenvalue weighted by Crippen LogP contribution is -2.15. The molecule has 6 heteroatoms. The number of hydrogen-bond donors (Lipinski definition) is 2. The van der Waals surface area contributed by atoms with Crippen LogP contribution in [0, 0.1) is 11.3 Å². The Bertz CT molecular complexity index is 1010. The zero-order chi connectivity index (χ0) is 18.8. The highest BCUT2D eigenvalue weighted by Gasteiger charge is 2.25. The fourth-order valence-electron chi connectivity index (χ4n) is 3.53. The van der Waals surface area contributed by atoms with Gasteiger partial charge in [0, 0.05) is 30.2 Å². The molecular weight excluding hydrogens is 338 g/mol. The molecule has 0 amide bonds. The number of fused-ring (bicyclic) bond motifs is 1. The number of nitrogens with two attached hydrogens (primary N) is 1. The van der Waals surface area contributed by atoms with Crippen molar-refractivity contribution in [1.29, 1.82) is 5.26 Å². The number of pyridine rings is 2. The van der Waals surface area contributed by atoms with Gasteiger partial charge in [0.15, 0.2) is 0 Å². The van der Waals surface area contributed by atoms with Crippen molar-refractivity contribution in [2.45, 2.75) is 19.1 Å². The number of aromatic nitrogens is 2. The highest BCUT2D eigenvalue weighted by molar-refractivity contribution is 5.69. The minimum atomic E-state index is -0.969. The second-order valence-electron chi connectivity index (χ2n) is 6.55. The molecule has 1 aromatic carbocycles. The van der Waals surface area contributed by atoms with Gasteiger partial charge in [0.2, 0.25) is 0 Å². The Morgan fingerprint density at radius 1 is 1.19 bits per heavy atom. The highest BCUT2D eigenvalue weighted by atomic mass is 16.3. The van der Waals surface area contributed by atoms with Gasteiger partial charge in [-0.05, 0) is 53.8 Å². The Hall–Kier alpha value is -3.27. The third-order valence-corrected chi connectivity index (χ3v) is 4.82. The van der Waals surface area contributed by atoms with Gasteiger partial charge in [-0.3, -0.25) is 0 Å². The molecule has 0 radical (unpaired) electrons. The third-order valence-electron chi connectivity index (χ3n) is 4.82. The maximum atomic E-state index is 9.81. The molecule has 1 unspecified atom stereocenters. The van der Waals surface area contributed by atoms with Gasteiger partial charge < -0.3 is 15.7 Å². The van der Waals surface area contributed by atoms with Crippen LogP contribution in [0.2, 0.25) is 0 Å². The van der Waals surface area contributed by atoms with Crippen LogP contribution in [-0.4, -0.2) is 21.6 Å². The summed E-state index contributed by atoms with van der Waals surface area (Å²) in [7, 11) is 0. The summed E-state index contributed by atoms with van der Waals surface area (Å²) in [6.45, 7) is 0.800. The number of hydrogen-bond acceptors (Lipinski definition) is 6. The molecule has 0 bridgehead atoms. The smallest absolute Gasteiger partial charge is 0.140 e. The maximum Gasteiger partial charge on any atom is 0.140 e. The van der Waals surface area contributed by atoms with E-state index in [0.29, 0.717) is 5.69 Å². The van der Waals surface area contributed by atoms with E-state index in [4.69, 9.17) is 11.0 Å². The van der Waals surface area contributed by atoms with Gasteiger partial charge >= 0.3 is 0 Å². The van der Waals surface area contributed by atoms with Crippen molar-refractivity contribution in [1.82, 2.24) is 9.97 Å². The van der Waals surface area contributed by atoms with Crippen molar-refractivity contribution in [3.05, 3.63) is 82.8 Å². The largest absolute Gasteiger partial charge is 0.375 e. The Morgan fingerprint density at radius 3 is 2.81 bits per heavy atom. The molecule has 2 aromatic heterocycles. The number of aliphatic hydroxyl groups is 1. The number of benzene rings is 1. The fourth-order valence-corrected chi connectivity index (χ4v) is 3.53. The summed E-state index contributed by atoms with van der Waals surface area (Å²) >= 11 is 0. The quantitative estimate of drug-likeness (QED) is 0.696. The second kappa shape index (κ2) is 7.16. The van der Waals surface area contributed by atoms with E-state index in [2.05, 4.69) is 20.9 Å². The van der Waals surface area contributed by atoms with Gasteiger partial charge in [0.1, 0.15) is 23.8 Å². The Kier molecular flexibility index (Phi) is 4.55. The van der Waals surface area contributed by atoms with Gasteiger partial charge in [0.05, 0.1) is 0 Å². The van der Waals surface area contributed by atoms with Gasteiger partial charge in [-0.15, -0.1) is 0 Å². The van der Waals surface area contributed by atoms with Crippen LogP contribution < -0.4 is 10.6 Å². The average Bonchev–Trinajstić information content (AvgIpc) is 3.13. The maximum absolute atomic E-state index is 9.81. The van der Waals surface area contributed by atoms with Crippen LogP contribution in [-0.2, 0) is 12.8 Å². The topological polar surface area (TPSA) is 99.1 Å². The van der Waals surface area contributed by atoms with Crippen LogP contribution >= 0.6 is 0 Å². The van der Waals surface area contributed by atoms with E-state index in [1.807, 2.05) is 36.4 Å². The molecule has 27 heavy (non-hydrogen) atoms. The minimum Gasteiger partial charge on any atom is -0.375 e. The number of nitriles is 1. The summed E-state index contributed by atoms with van der Waals surface area (Å²) in [5.41, 5.74) is 11.2. The van der Waals surface area contributed by atoms with Crippen molar-refractivity contribution in [2.24, 2.45) is 5.73 Å². The zero-order valence-corrected chi connectivity index (χ0v) is 14.7. The molecule has 3 N–H and O–H groups in total. The SMILES string of the molecule is N#Cc1ccc(Cc2ccnc(N3CCc4c(C(N)O)cccc43)c2)cn1. The second-order valence-corrected chi connectivity index (χ2v) is 6.55. The first kappa shape index (κ1) is 17.2. The lowest BCUT2D eigenvalue weighted by molar-refractivity contribution is 0.185. The van der Waals surface area contributed by atoms with Crippen LogP contribution in [0.5, 0.6) is 0 Å². The van der Waals surface area contributed by atoms with Crippen molar-refractivity contribution >= 4 is 11.5 Å². The highest BCUT2D eigenvalue weighted by Crippen LogP contribution is 2.36. The third kappa shape index (κ3) is 3.38. The number of anilines is 2. The first-order valence-electron chi connectivity index (χ1n) is 8.78. The summed E-state index contributed by atoms with van der Waals surface area (Å²) in [4.78, 5) is 10.8. The van der Waals surface area contributed by atoms with Crippen LogP contribution in [0.15, 0.2) is 54.9 Å². The number of aliphatic hydroxyl groups excluding tert-OH is 1. The Labute approximate surface area is 157 Å².